The first-order valence-corrected chi connectivity index (χ1v) is 5.03. The summed E-state index contributed by atoms with van der Waals surface area (Å²) in [6.45, 7) is 0. The van der Waals surface area contributed by atoms with Gasteiger partial charge in [0.05, 0.1) is 17.7 Å². The lowest BCUT2D eigenvalue weighted by atomic mass is 10.0. The van der Waals surface area contributed by atoms with Crippen LogP contribution in [0, 0.1) is 11.3 Å². The second-order valence-electron chi connectivity index (χ2n) is 3.59. The third-order valence-corrected chi connectivity index (χ3v) is 2.41. The van der Waals surface area contributed by atoms with Gasteiger partial charge in [-0.25, -0.2) is 4.98 Å². The normalized spacial score (nSPS) is 12.0. The molecule has 0 amide bonds. The van der Waals surface area contributed by atoms with Gasteiger partial charge < -0.3 is 10.7 Å². The van der Waals surface area contributed by atoms with E-state index in [1.165, 1.54) is 0 Å². The van der Waals surface area contributed by atoms with E-state index in [1.807, 2.05) is 12.1 Å². The largest absolute Gasteiger partial charge is 0.347 e. The van der Waals surface area contributed by atoms with E-state index in [0.717, 1.165) is 11.4 Å². The summed E-state index contributed by atoms with van der Waals surface area (Å²) in [7, 11) is 0. The molecule has 3 N–H and O–H groups in total. The van der Waals surface area contributed by atoms with Gasteiger partial charge in [0, 0.05) is 12.4 Å². The summed E-state index contributed by atoms with van der Waals surface area (Å²) >= 11 is 0. The van der Waals surface area contributed by atoms with Crippen molar-refractivity contribution in [1.82, 2.24) is 9.97 Å². The van der Waals surface area contributed by atoms with Crippen LogP contribution >= 0.6 is 0 Å². The third-order valence-electron chi connectivity index (χ3n) is 2.41. The maximum atomic E-state index is 8.67. The van der Waals surface area contributed by atoms with E-state index in [9.17, 15) is 0 Å². The van der Waals surface area contributed by atoms with Gasteiger partial charge in [-0.2, -0.15) is 5.26 Å². The third kappa shape index (κ3) is 2.27. The average molecular weight is 212 g/mol. The molecule has 2 aromatic rings. The van der Waals surface area contributed by atoms with Crippen molar-refractivity contribution in [2.24, 2.45) is 5.73 Å². The molecule has 0 saturated carbocycles. The molecule has 0 saturated heterocycles. The fourth-order valence-electron chi connectivity index (χ4n) is 1.55. The molecule has 0 bridgehead atoms. The number of benzene rings is 1. The van der Waals surface area contributed by atoms with E-state index in [-0.39, 0.29) is 6.04 Å². The van der Waals surface area contributed by atoms with E-state index in [2.05, 4.69) is 16.0 Å². The summed E-state index contributed by atoms with van der Waals surface area (Å²) in [5.74, 6) is 0.782. The Morgan fingerprint density at radius 1 is 1.38 bits per heavy atom. The average Bonchev–Trinajstić information content (AvgIpc) is 2.83. The number of rotatable bonds is 3. The van der Waals surface area contributed by atoms with Gasteiger partial charge in [0.25, 0.3) is 0 Å². The molecule has 0 unspecified atom stereocenters. The topological polar surface area (TPSA) is 78.5 Å². The van der Waals surface area contributed by atoms with Gasteiger partial charge in [0.15, 0.2) is 0 Å². The minimum atomic E-state index is -0.136. The van der Waals surface area contributed by atoms with Gasteiger partial charge in [-0.15, -0.1) is 0 Å². The van der Waals surface area contributed by atoms with Crippen molar-refractivity contribution in [2.45, 2.75) is 12.5 Å². The van der Waals surface area contributed by atoms with Gasteiger partial charge in [-0.1, -0.05) is 12.1 Å². The number of aromatic nitrogens is 2. The van der Waals surface area contributed by atoms with E-state index in [4.69, 9.17) is 11.0 Å². The summed E-state index contributed by atoms with van der Waals surface area (Å²) in [6.07, 6.45) is 4.15. The summed E-state index contributed by atoms with van der Waals surface area (Å²) in [5, 5.41) is 8.67. The lowest BCUT2D eigenvalue weighted by molar-refractivity contribution is 0.677. The Morgan fingerprint density at radius 2 is 2.12 bits per heavy atom. The molecule has 0 aliphatic rings. The molecular formula is C12H12N4. The van der Waals surface area contributed by atoms with E-state index in [1.54, 1.807) is 24.5 Å². The minimum Gasteiger partial charge on any atom is -0.347 e. The number of nitrogens with two attached hydrogens (primary N) is 1. The highest BCUT2D eigenvalue weighted by atomic mass is 14.9. The van der Waals surface area contributed by atoms with Crippen LogP contribution in [-0.2, 0) is 6.42 Å². The van der Waals surface area contributed by atoms with Crippen LogP contribution in [0.2, 0.25) is 0 Å². The number of nitriles is 1. The first-order valence-electron chi connectivity index (χ1n) is 5.03. The number of imidazole rings is 1. The van der Waals surface area contributed by atoms with Gasteiger partial charge in [-0.05, 0) is 24.1 Å². The maximum absolute atomic E-state index is 8.67. The standard InChI is InChI=1S/C12H12N4/c13-8-10-3-1-9(2-4-10)7-11(14)12-15-5-6-16-12/h1-6,11H,7,14H2,(H,15,16)/t11-/m1/s1. The zero-order valence-electron chi connectivity index (χ0n) is 8.72. The molecule has 1 aromatic heterocycles. The fourth-order valence-corrected chi connectivity index (χ4v) is 1.55. The molecule has 1 aromatic carbocycles. The highest BCUT2D eigenvalue weighted by Crippen LogP contribution is 2.12. The Labute approximate surface area is 93.7 Å². The van der Waals surface area contributed by atoms with Crippen molar-refractivity contribution >= 4 is 0 Å². The van der Waals surface area contributed by atoms with Crippen molar-refractivity contribution in [3.05, 3.63) is 53.6 Å². The Hall–Kier alpha value is -2.12. The Bertz CT molecular complexity index is 479. The lowest BCUT2D eigenvalue weighted by Crippen LogP contribution is -2.14. The van der Waals surface area contributed by atoms with Crippen LogP contribution in [0.25, 0.3) is 0 Å². The summed E-state index contributed by atoms with van der Waals surface area (Å²) in [4.78, 5) is 7.10. The Balaban J connectivity index is 2.07. The van der Waals surface area contributed by atoms with Crippen LogP contribution in [0.15, 0.2) is 36.7 Å². The molecule has 0 fully saturated rings. The monoisotopic (exact) mass is 212 g/mol. The predicted octanol–water partition coefficient (Wildman–Crippen LogP) is 1.52. The van der Waals surface area contributed by atoms with Crippen molar-refractivity contribution < 1.29 is 0 Å². The van der Waals surface area contributed by atoms with Gasteiger partial charge in [0.1, 0.15) is 5.82 Å². The van der Waals surface area contributed by atoms with E-state index < -0.39 is 0 Å². The molecular weight excluding hydrogens is 200 g/mol. The SMILES string of the molecule is N#Cc1ccc(C[C@@H](N)c2ncc[nH]2)cc1. The Morgan fingerprint density at radius 3 is 2.69 bits per heavy atom. The fraction of sp³-hybridized carbons (Fsp3) is 0.167. The van der Waals surface area contributed by atoms with E-state index >= 15 is 0 Å². The number of aromatic amines is 1. The van der Waals surface area contributed by atoms with Crippen LogP contribution in [0.4, 0.5) is 0 Å². The van der Waals surface area contributed by atoms with Crippen molar-refractivity contribution in [1.29, 1.82) is 5.26 Å². The first kappa shape index (κ1) is 10.4. The van der Waals surface area contributed by atoms with E-state index in [0.29, 0.717) is 12.0 Å². The molecule has 4 heteroatoms. The van der Waals surface area contributed by atoms with Gasteiger partial charge in [-0.3, -0.25) is 0 Å². The number of nitrogens with zero attached hydrogens (tertiary/aromatic N) is 2. The predicted molar refractivity (Wildman–Crippen MR) is 60.4 cm³/mol. The summed E-state index contributed by atoms with van der Waals surface area (Å²) in [5.41, 5.74) is 7.75. The van der Waals surface area contributed by atoms with Crippen molar-refractivity contribution in [3.63, 3.8) is 0 Å². The molecule has 0 aliphatic carbocycles. The second kappa shape index (κ2) is 4.60. The smallest absolute Gasteiger partial charge is 0.123 e. The van der Waals surface area contributed by atoms with Crippen LogP contribution in [0.1, 0.15) is 23.0 Å². The molecule has 4 nitrogen and oxygen atoms in total. The molecule has 1 heterocycles. The number of nitrogens with one attached hydrogen (secondary N) is 1. The molecule has 2 rings (SSSR count). The molecule has 0 spiro atoms. The van der Waals surface area contributed by atoms with Crippen molar-refractivity contribution in [2.75, 3.05) is 0 Å². The quantitative estimate of drug-likeness (QED) is 0.809. The molecule has 16 heavy (non-hydrogen) atoms. The lowest BCUT2D eigenvalue weighted by Gasteiger charge is -2.08. The van der Waals surface area contributed by atoms with Crippen molar-refractivity contribution in [3.8, 4) is 6.07 Å². The molecule has 0 aliphatic heterocycles. The van der Waals surface area contributed by atoms with Crippen LogP contribution in [0.5, 0.6) is 0 Å². The second-order valence-corrected chi connectivity index (χ2v) is 3.59. The highest BCUT2D eigenvalue weighted by molar-refractivity contribution is 5.32. The summed E-state index contributed by atoms with van der Waals surface area (Å²) < 4.78 is 0. The minimum absolute atomic E-state index is 0.136. The molecule has 1 atom stereocenters. The van der Waals surface area contributed by atoms with Crippen LogP contribution < -0.4 is 5.73 Å². The van der Waals surface area contributed by atoms with Crippen LogP contribution in [0.3, 0.4) is 0 Å². The summed E-state index contributed by atoms with van der Waals surface area (Å²) in [6, 6.07) is 9.38. The maximum Gasteiger partial charge on any atom is 0.123 e. The zero-order chi connectivity index (χ0) is 11.4. The number of H-pyrrole nitrogens is 1. The molecule has 0 radical (unpaired) electrons. The number of hydrogen-bond acceptors (Lipinski definition) is 3. The van der Waals surface area contributed by atoms with Gasteiger partial charge in [0.2, 0.25) is 0 Å². The molecule has 80 valence electrons. The zero-order valence-corrected chi connectivity index (χ0v) is 8.72. The first-order chi connectivity index (χ1) is 7.79. The highest BCUT2D eigenvalue weighted by Gasteiger charge is 2.08. The number of hydrogen-bond donors (Lipinski definition) is 2. The Kier molecular flexibility index (Phi) is 2.99. The van der Waals surface area contributed by atoms with Crippen LogP contribution in [-0.4, -0.2) is 9.97 Å². The van der Waals surface area contributed by atoms with Gasteiger partial charge >= 0.3 is 0 Å².